The Morgan fingerprint density at radius 3 is 2.46 bits per heavy atom. The lowest BCUT2D eigenvalue weighted by Gasteiger charge is -2.39. The number of nitrogens with one attached hydrogen (secondary N) is 3. The van der Waals surface area contributed by atoms with Gasteiger partial charge in [0.25, 0.3) is 5.91 Å². The van der Waals surface area contributed by atoms with Crippen LogP contribution in [-0.4, -0.2) is 56.9 Å². The van der Waals surface area contributed by atoms with Crippen LogP contribution in [0.4, 0.5) is 5.69 Å². The first-order valence-electron chi connectivity index (χ1n) is 13.7. The Bertz CT molecular complexity index is 1480. The van der Waals surface area contributed by atoms with Crippen LogP contribution in [0.3, 0.4) is 0 Å². The molecule has 1 unspecified atom stereocenters. The molecule has 8 nitrogen and oxygen atoms in total. The average molecular weight is 549 g/mol. The van der Waals surface area contributed by atoms with Crippen molar-refractivity contribution in [2.45, 2.75) is 56.5 Å². The van der Waals surface area contributed by atoms with Gasteiger partial charge in [0.2, 0.25) is 15.9 Å². The molecule has 3 aromatic carbocycles. The third-order valence-corrected chi connectivity index (χ3v) is 9.59. The van der Waals surface area contributed by atoms with Gasteiger partial charge in [-0.1, -0.05) is 55.8 Å². The molecule has 2 aliphatic rings. The van der Waals surface area contributed by atoms with Crippen LogP contribution in [-0.2, 0) is 14.8 Å². The molecule has 9 heteroatoms. The summed E-state index contributed by atoms with van der Waals surface area (Å²) in [6.45, 7) is 5.86. The van der Waals surface area contributed by atoms with Crippen LogP contribution in [0.1, 0.15) is 48.5 Å². The maximum atomic E-state index is 13.7. The lowest BCUT2D eigenvalue weighted by molar-refractivity contribution is -0.135. The van der Waals surface area contributed by atoms with Gasteiger partial charge < -0.3 is 15.5 Å². The second-order valence-corrected chi connectivity index (χ2v) is 12.2. The number of piperidine rings is 1. The smallest absolute Gasteiger partial charge is 0.255 e. The van der Waals surface area contributed by atoms with Crippen LogP contribution >= 0.6 is 0 Å². The molecule has 3 aromatic rings. The molecule has 3 N–H and O–H groups in total. The zero-order valence-electron chi connectivity index (χ0n) is 22.4. The zero-order chi connectivity index (χ0) is 27.6. The molecule has 2 heterocycles. The topological polar surface area (TPSA) is 108 Å². The molecule has 0 aliphatic carbocycles. The summed E-state index contributed by atoms with van der Waals surface area (Å²) < 4.78 is 30.4. The molecule has 2 amide bonds. The van der Waals surface area contributed by atoms with E-state index in [1.165, 1.54) is 0 Å². The maximum absolute atomic E-state index is 13.7. The molecule has 0 bridgehead atoms. The van der Waals surface area contributed by atoms with Crippen molar-refractivity contribution in [2.75, 3.05) is 25.0 Å². The molecule has 2 saturated heterocycles. The van der Waals surface area contributed by atoms with Gasteiger partial charge in [0.05, 0.1) is 10.9 Å². The summed E-state index contributed by atoms with van der Waals surface area (Å²) in [5.41, 5.74) is 1.98. The van der Waals surface area contributed by atoms with Crippen molar-refractivity contribution in [2.24, 2.45) is 5.92 Å². The molecule has 0 radical (unpaired) electrons. The number of amides is 2. The SMILES string of the molecule is CC[C@@H]1CN(C(=O)C2CCCN2)CC[C@H]1NS(=O)(=O)c1ccc(NC(=O)c2ccccc2C)c2ccccc12. The fourth-order valence-corrected chi connectivity index (χ4v) is 7.36. The van der Waals surface area contributed by atoms with Gasteiger partial charge >= 0.3 is 0 Å². The third kappa shape index (κ3) is 5.71. The highest BCUT2D eigenvalue weighted by molar-refractivity contribution is 7.89. The quantitative estimate of drug-likeness (QED) is 0.413. The molecule has 0 aromatic heterocycles. The summed E-state index contributed by atoms with van der Waals surface area (Å²) in [5.74, 6) is -0.0914. The number of likely N-dealkylation sites (tertiary alicyclic amines) is 1. The summed E-state index contributed by atoms with van der Waals surface area (Å²) in [5, 5.41) is 7.43. The van der Waals surface area contributed by atoms with Crippen LogP contribution in [0.15, 0.2) is 65.6 Å². The van der Waals surface area contributed by atoms with E-state index in [4.69, 9.17) is 0 Å². The van der Waals surface area contributed by atoms with Crippen molar-refractivity contribution in [3.63, 3.8) is 0 Å². The van der Waals surface area contributed by atoms with E-state index in [-0.39, 0.29) is 34.7 Å². The second-order valence-electron chi connectivity index (χ2n) is 10.5. The fourth-order valence-electron chi connectivity index (χ4n) is 5.81. The van der Waals surface area contributed by atoms with Crippen molar-refractivity contribution in [3.05, 3.63) is 71.8 Å². The fraction of sp³-hybridized carbons (Fsp3) is 0.400. The normalized spacial score (nSPS) is 21.7. The zero-order valence-corrected chi connectivity index (χ0v) is 23.3. The summed E-state index contributed by atoms with van der Waals surface area (Å²) >= 11 is 0. The number of fused-ring (bicyclic) bond motifs is 1. The Morgan fingerprint density at radius 2 is 1.74 bits per heavy atom. The van der Waals surface area contributed by atoms with Gasteiger partial charge in [-0.3, -0.25) is 9.59 Å². The lowest BCUT2D eigenvalue weighted by Crippen LogP contribution is -2.55. The van der Waals surface area contributed by atoms with Crippen LogP contribution < -0.4 is 15.4 Å². The van der Waals surface area contributed by atoms with Gasteiger partial charge in [-0.25, -0.2) is 13.1 Å². The van der Waals surface area contributed by atoms with Crippen molar-refractivity contribution >= 4 is 38.3 Å². The number of hydrogen-bond acceptors (Lipinski definition) is 5. The van der Waals surface area contributed by atoms with Gasteiger partial charge in [-0.15, -0.1) is 0 Å². The molecule has 0 spiro atoms. The number of aryl methyl sites for hydroxylation is 1. The van der Waals surface area contributed by atoms with Crippen molar-refractivity contribution in [1.82, 2.24) is 14.9 Å². The van der Waals surface area contributed by atoms with E-state index in [1.54, 1.807) is 30.3 Å². The van der Waals surface area contributed by atoms with E-state index in [0.717, 1.165) is 31.4 Å². The number of carbonyl (C=O) groups excluding carboxylic acids is 2. The largest absolute Gasteiger partial charge is 0.341 e. The summed E-state index contributed by atoms with van der Waals surface area (Å²) in [6.07, 6.45) is 3.20. The maximum Gasteiger partial charge on any atom is 0.255 e. The Morgan fingerprint density at radius 1 is 1.00 bits per heavy atom. The van der Waals surface area contributed by atoms with Crippen molar-refractivity contribution < 1.29 is 18.0 Å². The van der Waals surface area contributed by atoms with Gasteiger partial charge in [0, 0.05) is 41.2 Å². The highest BCUT2D eigenvalue weighted by Crippen LogP contribution is 2.31. The number of hydrogen-bond donors (Lipinski definition) is 3. The average Bonchev–Trinajstić information content (AvgIpc) is 3.48. The third-order valence-electron chi connectivity index (χ3n) is 8.05. The number of benzene rings is 3. The minimum atomic E-state index is -3.87. The van der Waals surface area contributed by atoms with E-state index in [1.807, 2.05) is 49.1 Å². The van der Waals surface area contributed by atoms with Crippen LogP contribution in [0.5, 0.6) is 0 Å². The Balaban J connectivity index is 1.36. The summed E-state index contributed by atoms with van der Waals surface area (Å²) in [7, 11) is -3.87. The van der Waals surface area contributed by atoms with Gasteiger partial charge in [0.15, 0.2) is 0 Å². The predicted octanol–water partition coefficient (Wildman–Crippen LogP) is 4.06. The molecule has 206 valence electrons. The summed E-state index contributed by atoms with van der Waals surface area (Å²) in [4.78, 5) is 28.0. The number of carbonyl (C=O) groups is 2. The molecular weight excluding hydrogens is 512 g/mol. The van der Waals surface area contributed by atoms with E-state index < -0.39 is 10.0 Å². The molecule has 0 saturated carbocycles. The standard InChI is InChI=1S/C30H36N4O4S/c1-3-21-19-34(30(36)27-13-8-17-31-27)18-16-25(21)33-39(37,38)28-15-14-26(23-11-6-7-12-24(23)28)32-29(35)22-10-5-4-9-20(22)2/h4-7,9-12,14-15,21,25,27,31,33H,3,8,13,16-19H2,1-2H3,(H,32,35)/t21-,25-,27?/m1/s1. The van der Waals surface area contributed by atoms with Gasteiger partial charge in [-0.05, 0) is 62.4 Å². The Kier molecular flexibility index (Phi) is 8.02. The van der Waals surface area contributed by atoms with E-state index in [0.29, 0.717) is 41.5 Å². The van der Waals surface area contributed by atoms with Gasteiger partial charge in [0.1, 0.15) is 0 Å². The first-order chi connectivity index (χ1) is 18.8. The molecule has 3 atom stereocenters. The van der Waals surface area contributed by atoms with E-state index >= 15 is 0 Å². The van der Waals surface area contributed by atoms with Crippen LogP contribution in [0.2, 0.25) is 0 Å². The highest BCUT2D eigenvalue weighted by Gasteiger charge is 2.36. The van der Waals surface area contributed by atoms with Crippen LogP contribution in [0, 0.1) is 12.8 Å². The Hall–Kier alpha value is -3.27. The molecule has 2 aliphatic heterocycles. The highest BCUT2D eigenvalue weighted by atomic mass is 32.2. The molecule has 39 heavy (non-hydrogen) atoms. The number of rotatable bonds is 7. The number of nitrogens with zero attached hydrogens (tertiary/aromatic N) is 1. The molecular formula is C30H36N4O4S. The van der Waals surface area contributed by atoms with Crippen molar-refractivity contribution in [3.8, 4) is 0 Å². The lowest BCUT2D eigenvalue weighted by atomic mass is 9.90. The first kappa shape index (κ1) is 27.3. The minimum Gasteiger partial charge on any atom is -0.341 e. The minimum absolute atomic E-state index is 0.0258. The number of sulfonamides is 1. The van der Waals surface area contributed by atoms with Crippen LogP contribution in [0.25, 0.3) is 10.8 Å². The monoisotopic (exact) mass is 548 g/mol. The first-order valence-corrected chi connectivity index (χ1v) is 15.2. The van der Waals surface area contributed by atoms with E-state index in [2.05, 4.69) is 15.4 Å². The molecule has 2 fully saturated rings. The second kappa shape index (κ2) is 11.5. The number of anilines is 1. The Labute approximate surface area is 230 Å². The van der Waals surface area contributed by atoms with Gasteiger partial charge in [-0.2, -0.15) is 0 Å². The van der Waals surface area contributed by atoms with E-state index in [9.17, 15) is 18.0 Å². The summed E-state index contributed by atoms with van der Waals surface area (Å²) in [6, 6.07) is 17.4. The predicted molar refractivity (Wildman–Crippen MR) is 153 cm³/mol. The molecule has 5 rings (SSSR count). The van der Waals surface area contributed by atoms with Crippen molar-refractivity contribution in [1.29, 1.82) is 0 Å².